The molecule has 0 radical (unpaired) electrons. The Kier molecular flexibility index (Phi) is 6.48. The van der Waals surface area contributed by atoms with Crippen molar-refractivity contribution < 1.29 is 8.42 Å². The van der Waals surface area contributed by atoms with E-state index in [1.54, 1.807) is 17.3 Å². The van der Waals surface area contributed by atoms with Crippen molar-refractivity contribution in [3.05, 3.63) is 17.7 Å². The molecule has 0 aliphatic rings. The molecule has 1 rings (SSSR count). The summed E-state index contributed by atoms with van der Waals surface area (Å²) in [6.45, 7) is 6.90. The van der Waals surface area contributed by atoms with Gasteiger partial charge in [0.15, 0.2) is 0 Å². The average molecular weight is 313 g/mol. The van der Waals surface area contributed by atoms with Crippen LogP contribution in [0.4, 0.5) is 11.4 Å². The van der Waals surface area contributed by atoms with Crippen molar-refractivity contribution >= 4 is 21.4 Å². The van der Waals surface area contributed by atoms with Gasteiger partial charge in [0.05, 0.1) is 5.69 Å². The van der Waals surface area contributed by atoms with Gasteiger partial charge in [-0.05, 0) is 37.5 Å². The molecule has 0 saturated carbocycles. The van der Waals surface area contributed by atoms with E-state index in [4.69, 9.17) is 11.5 Å². The molecule has 0 atom stereocenters. The topological polar surface area (TPSA) is 89.4 Å². The van der Waals surface area contributed by atoms with Gasteiger partial charge in [-0.15, -0.1) is 0 Å². The third kappa shape index (κ3) is 4.11. The van der Waals surface area contributed by atoms with Crippen molar-refractivity contribution in [1.29, 1.82) is 0 Å². The van der Waals surface area contributed by atoms with Gasteiger partial charge in [-0.3, -0.25) is 0 Å². The Hall–Kier alpha value is -1.27. The van der Waals surface area contributed by atoms with Crippen molar-refractivity contribution in [3.8, 4) is 0 Å². The van der Waals surface area contributed by atoms with Crippen LogP contribution in [0.25, 0.3) is 0 Å². The predicted molar refractivity (Wildman–Crippen MR) is 88.6 cm³/mol. The zero-order valence-corrected chi connectivity index (χ0v) is 14.0. The van der Waals surface area contributed by atoms with Crippen molar-refractivity contribution in [1.82, 2.24) is 4.31 Å². The highest BCUT2D eigenvalue weighted by Crippen LogP contribution is 2.29. The molecule has 0 spiro atoms. The fourth-order valence-electron chi connectivity index (χ4n) is 2.11. The van der Waals surface area contributed by atoms with E-state index >= 15 is 0 Å². The lowest BCUT2D eigenvalue weighted by molar-refractivity contribution is 0.395. The van der Waals surface area contributed by atoms with Gasteiger partial charge in [-0.2, -0.15) is 4.31 Å². The van der Waals surface area contributed by atoms with Crippen molar-refractivity contribution in [2.24, 2.45) is 0 Å². The smallest absolute Gasteiger partial charge is 0.245 e. The Labute approximate surface area is 128 Å². The number of unbranched alkanes of at least 4 members (excludes halogenated alkanes) is 2. The fourth-order valence-corrected chi connectivity index (χ4v) is 3.79. The summed E-state index contributed by atoms with van der Waals surface area (Å²) in [7, 11) is -3.56. The van der Waals surface area contributed by atoms with Gasteiger partial charge >= 0.3 is 0 Å². The largest absolute Gasteiger partial charge is 0.398 e. The van der Waals surface area contributed by atoms with Crippen LogP contribution >= 0.6 is 0 Å². The average Bonchev–Trinajstić information content (AvgIpc) is 2.44. The van der Waals surface area contributed by atoms with Crippen LogP contribution in [-0.4, -0.2) is 25.8 Å². The lowest BCUT2D eigenvalue weighted by Crippen LogP contribution is -2.33. The maximum Gasteiger partial charge on any atom is 0.245 e. The van der Waals surface area contributed by atoms with Gasteiger partial charge in [-0.1, -0.05) is 26.7 Å². The molecule has 0 amide bonds. The second kappa shape index (κ2) is 7.66. The predicted octanol–water partition coefficient (Wildman–Crippen LogP) is 2.75. The van der Waals surface area contributed by atoms with E-state index in [2.05, 4.69) is 0 Å². The minimum Gasteiger partial charge on any atom is -0.398 e. The molecular weight excluding hydrogens is 286 g/mol. The Bertz CT molecular complexity index is 563. The van der Waals surface area contributed by atoms with Gasteiger partial charge in [0.2, 0.25) is 10.0 Å². The van der Waals surface area contributed by atoms with Gasteiger partial charge in [0, 0.05) is 18.8 Å². The Balaban J connectivity index is 3.18. The Morgan fingerprint density at radius 1 is 1.05 bits per heavy atom. The molecule has 4 N–H and O–H groups in total. The van der Waals surface area contributed by atoms with Gasteiger partial charge < -0.3 is 11.5 Å². The van der Waals surface area contributed by atoms with Crippen LogP contribution < -0.4 is 11.5 Å². The first-order chi connectivity index (χ1) is 9.86. The number of benzene rings is 1. The third-order valence-electron chi connectivity index (χ3n) is 3.66. The summed E-state index contributed by atoms with van der Waals surface area (Å²) in [6.07, 6.45) is 3.59. The molecule has 1 aromatic carbocycles. The molecule has 0 aliphatic carbocycles. The molecule has 21 heavy (non-hydrogen) atoms. The standard InChI is InChI=1S/C15H27N3O2S/c1-4-6-10-18(11-7-5-2)21(19,20)14-9-8-13(16)12(3)15(14)17/h8-9H,4-7,10-11,16-17H2,1-3H3. The summed E-state index contributed by atoms with van der Waals surface area (Å²) in [4.78, 5) is 0.168. The Morgan fingerprint density at radius 2 is 1.57 bits per heavy atom. The number of hydrogen-bond donors (Lipinski definition) is 2. The van der Waals surface area contributed by atoms with Crippen LogP contribution in [0.1, 0.15) is 45.1 Å². The second-order valence-electron chi connectivity index (χ2n) is 5.30. The van der Waals surface area contributed by atoms with Crippen molar-refractivity contribution in [3.63, 3.8) is 0 Å². The van der Waals surface area contributed by atoms with E-state index in [9.17, 15) is 8.42 Å². The molecular formula is C15H27N3O2S. The zero-order valence-electron chi connectivity index (χ0n) is 13.2. The molecule has 0 heterocycles. The van der Waals surface area contributed by atoms with Crippen molar-refractivity contribution in [2.75, 3.05) is 24.6 Å². The molecule has 0 aromatic heterocycles. The first-order valence-corrected chi connectivity index (χ1v) is 8.94. The molecule has 0 unspecified atom stereocenters. The van der Waals surface area contributed by atoms with Crippen LogP contribution in [0, 0.1) is 6.92 Å². The number of nitrogen functional groups attached to an aromatic ring is 2. The second-order valence-corrected chi connectivity index (χ2v) is 7.21. The van der Waals surface area contributed by atoms with E-state index < -0.39 is 10.0 Å². The molecule has 120 valence electrons. The number of sulfonamides is 1. The molecule has 0 aliphatic heterocycles. The van der Waals surface area contributed by atoms with Crippen LogP contribution in [0.5, 0.6) is 0 Å². The molecule has 0 fully saturated rings. The number of rotatable bonds is 8. The van der Waals surface area contributed by atoms with Crippen LogP contribution in [0.2, 0.25) is 0 Å². The normalized spacial score (nSPS) is 12.0. The maximum absolute atomic E-state index is 12.8. The monoisotopic (exact) mass is 313 g/mol. The third-order valence-corrected chi connectivity index (χ3v) is 5.61. The number of nitrogens with two attached hydrogens (primary N) is 2. The molecule has 0 bridgehead atoms. The van der Waals surface area contributed by atoms with E-state index in [1.807, 2.05) is 13.8 Å². The first kappa shape index (κ1) is 17.8. The SMILES string of the molecule is CCCCN(CCCC)S(=O)(=O)c1ccc(N)c(C)c1N. The van der Waals surface area contributed by atoms with Crippen LogP contribution in [0.15, 0.2) is 17.0 Å². The van der Waals surface area contributed by atoms with Crippen LogP contribution in [0.3, 0.4) is 0 Å². The summed E-state index contributed by atoms with van der Waals surface area (Å²) in [6, 6.07) is 3.12. The van der Waals surface area contributed by atoms with Gasteiger partial charge in [0.25, 0.3) is 0 Å². The van der Waals surface area contributed by atoms with E-state index in [-0.39, 0.29) is 10.6 Å². The minimum absolute atomic E-state index is 0.168. The summed E-state index contributed by atoms with van der Waals surface area (Å²) in [5, 5.41) is 0. The fraction of sp³-hybridized carbons (Fsp3) is 0.600. The van der Waals surface area contributed by atoms with E-state index in [0.717, 1.165) is 25.7 Å². The number of anilines is 2. The zero-order chi connectivity index (χ0) is 16.0. The summed E-state index contributed by atoms with van der Waals surface area (Å²) >= 11 is 0. The lowest BCUT2D eigenvalue weighted by Gasteiger charge is -2.23. The first-order valence-electron chi connectivity index (χ1n) is 7.50. The van der Waals surface area contributed by atoms with E-state index in [0.29, 0.717) is 24.3 Å². The molecule has 6 heteroatoms. The summed E-state index contributed by atoms with van der Waals surface area (Å²) in [5.74, 6) is 0. The minimum atomic E-state index is -3.56. The van der Waals surface area contributed by atoms with Crippen LogP contribution in [-0.2, 0) is 10.0 Å². The number of hydrogen-bond acceptors (Lipinski definition) is 4. The van der Waals surface area contributed by atoms with Crippen molar-refractivity contribution in [2.45, 2.75) is 51.3 Å². The highest BCUT2D eigenvalue weighted by Gasteiger charge is 2.26. The molecule has 0 saturated heterocycles. The summed E-state index contributed by atoms with van der Waals surface area (Å²) in [5.41, 5.74) is 13.2. The highest BCUT2D eigenvalue weighted by molar-refractivity contribution is 7.89. The molecule has 1 aromatic rings. The van der Waals surface area contributed by atoms with Gasteiger partial charge in [-0.25, -0.2) is 8.42 Å². The van der Waals surface area contributed by atoms with E-state index in [1.165, 1.54) is 6.07 Å². The quantitative estimate of drug-likeness (QED) is 0.722. The lowest BCUT2D eigenvalue weighted by atomic mass is 10.2. The van der Waals surface area contributed by atoms with Gasteiger partial charge in [0.1, 0.15) is 4.90 Å². The molecule has 5 nitrogen and oxygen atoms in total. The Morgan fingerprint density at radius 3 is 2.05 bits per heavy atom. The summed E-state index contributed by atoms with van der Waals surface area (Å²) < 4.78 is 27.2. The highest BCUT2D eigenvalue weighted by atomic mass is 32.2. The number of nitrogens with zero attached hydrogens (tertiary/aromatic N) is 1. The maximum atomic E-state index is 12.8.